The Hall–Kier alpha value is -2.78. The molecule has 0 saturated carbocycles. The van der Waals surface area contributed by atoms with E-state index >= 15 is 0 Å². The number of nitrogens with one attached hydrogen (secondary N) is 2. The van der Waals surface area contributed by atoms with Gasteiger partial charge in [-0.15, -0.1) is 0 Å². The van der Waals surface area contributed by atoms with Crippen LogP contribution in [0.25, 0.3) is 0 Å². The molecule has 1 rings (SSSR count). The zero-order valence-electron chi connectivity index (χ0n) is 19.2. The van der Waals surface area contributed by atoms with Crippen LogP contribution in [0.1, 0.15) is 38.3 Å². The third-order valence-electron chi connectivity index (χ3n) is 4.82. The fraction of sp³-hybridized carbons (Fsp3) is 0.478. The van der Waals surface area contributed by atoms with Crippen LogP contribution < -0.4 is 16.4 Å². The summed E-state index contributed by atoms with van der Waals surface area (Å²) in [6.45, 7) is 6.89. The number of aliphatic imine (C=N–C) groups is 1. The van der Waals surface area contributed by atoms with Crippen molar-refractivity contribution in [2.45, 2.75) is 40.7 Å². The molecule has 7 nitrogen and oxygen atoms in total. The molecule has 1 aromatic carbocycles. The lowest BCUT2D eigenvalue weighted by molar-refractivity contribution is -0.114. The molecular weight excluding hydrogens is 418 g/mol. The summed E-state index contributed by atoms with van der Waals surface area (Å²) in [7, 11) is 0. The maximum Gasteiger partial charge on any atom is 0.275 e. The number of hydrogen-bond donors (Lipinski definition) is 4. The van der Waals surface area contributed by atoms with Gasteiger partial charge in [0.05, 0.1) is 26.4 Å². The first kappa shape index (κ1) is 27.3. The second-order valence-electron chi connectivity index (χ2n) is 7.25. The van der Waals surface area contributed by atoms with Crippen LogP contribution in [-0.2, 0) is 16.1 Å². The number of nitrogens with zero attached hydrogens (tertiary/aromatic N) is 1. The monoisotopic (exact) mass is 452 g/mol. The van der Waals surface area contributed by atoms with E-state index in [0.717, 1.165) is 11.1 Å². The predicted molar refractivity (Wildman–Crippen MR) is 122 cm³/mol. The number of alkyl halides is 1. The van der Waals surface area contributed by atoms with E-state index in [1.807, 2.05) is 13.8 Å². The molecule has 1 aromatic rings. The van der Waals surface area contributed by atoms with Crippen LogP contribution in [0.5, 0.6) is 0 Å². The molecule has 1 amide bonds. The lowest BCUT2D eigenvalue weighted by atomic mass is 10.1. The highest BCUT2D eigenvalue weighted by Crippen LogP contribution is 2.11. The van der Waals surface area contributed by atoms with Gasteiger partial charge >= 0.3 is 0 Å². The summed E-state index contributed by atoms with van der Waals surface area (Å²) in [6, 6.07) is 4.81. The molecule has 0 spiro atoms. The number of carbonyl (C=O) groups is 1. The van der Waals surface area contributed by atoms with Gasteiger partial charge < -0.3 is 26.2 Å². The number of aliphatic hydroxyl groups is 1. The highest BCUT2D eigenvalue weighted by atomic mass is 19.1. The number of ether oxygens (including phenoxy) is 1. The molecule has 0 radical (unpaired) electrons. The summed E-state index contributed by atoms with van der Waals surface area (Å²) < 4.78 is 31.8. The van der Waals surface area contributed by atoms with E-state index in [0.29, 0.717) is 24.4 Å². The summed E-state index contributed by atoms with van der Waals surface area (Å²) in [4.78, 5) is 17.3. The SMILES string of the molecule is CCC(C)=C(NCc1ccc(F)c(C)c1)NC(=O)C(=NCCOCCO)/C(C)=C(\N)CF. The van der Waals surface area contributed by atoms with Crippen LogP contribution in [0, 0.1) is 12.7 Å². The van der Waals surface area contributed by atoms with Crippen molar-refractivity contribution < 1.29 is 23.4 Å². The Bertz CT molecular complexity index is 867. The number of nitrogens with two attached hydrogens (primary N) is 1. The second-order valence-corrected chi connectivity index (χ2v) is 7.25. The largest absolute Gasteiger partial charge is 0.400 e. The lowest BCUT2D eigenvalue weighted by Gasteiger charge is -2.17. The number of halogens is 2. The van der Waals surface area contributed by atoms with Crippen molar-refractivity contribution in [2.75, 3.05) is 33.0 Å². The Balaban J connectivity index is 3.04. The number of benzene rings is 1. The number of aryl methyl sites for hydroxylation is 1. The number of amides is 1. The van der Waals surface area contributed by atoms with Gasteiger partial charge in [-0.05, 0) is 50.0 Å². The van der Waals surface area contributed by atoms with Crippen molar-refractivity contribution in [1.82, 2.24) is 10.6 Å². The van der Waals surface area contributed by atoms with E-state index in [-0.39, 0.29) is 49.2 Å². The maximum absolute atomic E-state index is 13.5. The Morgan fingerprint density at radius 3 is 2.59 bits per heavy atom. The van der Waals surface area contributed by atoms with Gasteiger partial charge in [-0.3, -0.25) is 9.79 Å². The average Bonchev–Trinajstić information content (AvgIpc) is 2.79. The van der Waals surface area contributed by atoms with Crippen LogP contribution in [-0.4, -0.2) is 49.8 Å². The molecule has 0 unspecified atom stereocenters. The lowest BCUT2D eigenvalue weighted by Crippen LogP contribution is -2.38. The molecule has 9 heteroatoms. The fourth-order valence-electron chi connectivity index (χ4n) is 2.66. The average molecular weight is 453 g/mol. The first-order chi connectivity index (χ1) is 15.2. The third-order valence-corrected chi connectivity index (χ3v) is 4.82. The van der Waals surface area contributed by atoms with Gasteiger partial charge in [0.2, 0.25) is 0 Å². The van der Waals surface area contributed by atoms with Gasteiger partial charge in [-0.2, -0.15) is 0 Å². The van der Waals surface area contributed by atoms with Crippen LogP contribution in [0.2, 0.25) is 0 Å². The van der Waals surface area contributed by atoms with Gasteiger partial charge in [0.1, 0.15) is 24.0 Å². The summed E-state index contributed by atoms with van der Waals surface area (Å²) in [5.41, 5.74) is 8.16. The highest BCUT2D eigenvalue weighted by Gasteiger charge is 2.18. The summed E-state index contributed by atoms with van der Waals surface area (Å²) in [5, 5.41) is 14.8. The van der Waals surface area contributed by atoms with E-state index in [2.05, 4.69) is 15.6 Å². The molecule has 32 heavy (non-hydrogen) atoms. The number of hydrogen-bond acceptors (Lipinski definition) is 6. The number of carbonyl (C=O) groups excluding carboxylic acids is 1. The van der Waals surface area contributed by atoms with Gasteiger partial charge in [-0.1, -0.05) is 19.1 Å². The molecule has 0 aliphatic carbocycles. The van der Waals surface area contributed by atoms with E-state index in [4.69, 9.17) is 15.6 Å². The molecule has 5 N–H and O–H groups in total. The van der Waals surface area contributed by atoms with Crippen molar-refractivity contribution in [2.24, 2.45) is 10.7 Å². The van der Waals surface area contributed by atoms with Gasteiger partial charge in [0, 0.05) is 17.8 Å². The number of rotatable bonds is 13. The van der Waals surface area contributed by atoms with E-state index < -0.39 is 12.6 Å². The van der Waals surface area contributed by atoms with Crippen molar-refractivity contribution in [3.63, 3.8) is 0 Å². The van der Waals surface area contributed by atoms with Crippen molar-refractivity contribution in [3.8, 4) is 0 Å². The standard InChI is InChI=1S/C23H34F2N4O3/c1-5-15(2)22(28-14-18-6-7-19(25)16(3)12-18)29-23(31)21(17(4)20(26)13-24)27-8-10-32-11-9-30/h6-7,12,28,30H,5,8-11,13-14,26H2,1-4H3,(H,29,31)/b20-17-,22-15?,27-21?. The van der Waals surface area contributed by atoms with Crippen molar-refractivity contribution in [3.05, 3.63) is 57.8 Å². The van der Waals surface area contributed by atoms with Crippen LogP contribution in [0.3, 0.4) is 0 Å². The summed E-state index contributed by atoms with van der Waals surface area (Å²) >= 11 is 0. The third kappa shape index (κ3) is 8.76. The minimum absolute atomic E-state index is 0.00794. The molecule has 0 atom stereocenters. The molecule has 0 saturated heterocycles. The Morgan fingerprint density at radius 1 is 1.28 bits per heavy atom. The van der Waals surface area contributed by atoms with E-state index in [1.165, 1.54) is 13.0 Å². The van der Waals surface area contributed by atoms with E-state index in [1.54, 1.807) is 19.1 Å². The van der Waals surface area contributed by atoms with Crippen LogP contribution in [0.4, 0.5) is 8.78 Å². The highest BCUT2D eigenvalue weighted by molar-refractivity contribution is 6.45. The quantitative estimate of drug-likeness (QED) is 0.272. The molecule has 0 heterocycles. The molecular formula is C23H34F2N4O3. The molecule has 0 aliphatic rings. The van der Waals surface area contributed by atoms with Crippen LogP contribution in [0.15, 0.2) is 45.9 Å². The van der Waals surface area contributed by atoms with Crippen molar-refractivity contribution >= 4 is 11.6 Å². The Kier molecular flexibility index (Phi) is 12.2. The van der Waals surface area contributed by atoms with Gasteiger partial charge in [0.25, 0.3) is 5.91 Å². The summed E-state index contributed by atoms with van der Waals surface area (Å²) in [5.74, 6) is -0.318. The Morgan fingerprint density at radius 2 is 2.00 bits per heavy atom. The zero-order chi connectivity index (χ0) is 24.1. The van der Waals surface area contributed by atoms with E-state index in [9.17, 15) is 13.6 Å². The fourth-order valence-corrected chi connectivity index (χ4v) is 2.66. The molecule has 178 valence electrons. The normalized spacial score (nSPS) is 13.4. The molecule has 0 fully saturated rings. The smallest absolute Gasteiger partial charge is 0.275 e. The Labute approximate surface area is 188 Å². The number of allylic oxidation sites excluding steroid dienone is 2. The minimum Gasteiger partial charge on any atom is -0.400 e. The van der Waals surface area contributed by atoms with Crippen LogP contribution >= 0.6 is 0 Å². The van der Waals surface area contributed by atoms with Gasteiger partial charge in [-0.25, -0.2) is 8.78 Å². The first-order valence-electron chi connectivity index (χ1n) is 10.5. The topological polar surface area (TPSA) is 109 Å². The summed E-state index contributed by atoms with van der Waals surface area (Å²) in [6.07, 6.45) is 0.675. The second kappa shape index (κ2) is 14.3. The number of aliphatic hydroxyl groups excluding tert-OH is 1. The maximum atomic E-state index is 13.5. The molecule has 0 aromatic heterocycles. The van der Waals surface area contributed by atoms with Crippen molar-refractivity contribution in [1.29, 1.82) is 0 Å². The molecule has 0 bridgehead atoms. The van der Waals surface area contributed by atoms with Gasteiger partial charge in [0.15, 0.2) is 0 Å². The first-order valence-corrected chi connectivity index (χ1v) is 10.5. The molecule has 0 aliphatic heterocycles. The predicted octanol–water partition coefficient (Wildman–Crippen LogP) is 2.63. The minimum atomic E-state index is -0.905. The zero-order valence-corrected chi connectivity index (χ0v) is 19.2.